The van der Waals surface area contributed by atoms with E-state index in [-0.39, 0.29) is 0 Å². The number of aromatic nitrogens is 2. The largest absolute Gasteiger partial charge is 0.329 e. The van der Waals surface area contributed by atoms with Gasteiger partial charge in [0.25, 0.3) is 0 Å². The van der Waals surface area contributed by atoms with Crippen LogP contribution in [0, 0.1) is 11.8 Å². The van der Waals surface area contributed by atoms with E-state index < -0.39 is 0 Å². The standard InChI is InChI=1S/C26H40N4/c1-20(2)21-7-9-23(10-8-21)29-16-11-24(12-17-29)30-19-22(18-28-14-3-4-15-28)25-6-5-13-27-26(25)30/h5-6,13,19-21,23-24H,3-4,7-12,14-18H2,1-2H3. The lowest BCUT2D eigenvalue weighted by Gasteiger charge is -2.41. The van der Waals surface area contributed by atoms with Gasteiger partial charge in [-0.3, -0.25) is 4.90 Å². The number of hydrogen-bond acceptors (Lipinski definition) is 3. The molecule has 2 aromatic rings. The number of likely N-dealkylation sites (tertiary alicyclic amines) is 2. The first-order valence-electron chi connectivity index (χ1n) is 12.6. The molecular weight excluding hydrogens is 368 g/mol. The van der Waals surface area contributed by atoms with E-state index in [1.807, 2.05) is 6.20 Å². The molecule has 2 saturated heterocycles. The summed E-state index contributed by atoms with van der Waals surface area (Å²) in [4.78, 5) is 10.2. The van der Waals surface area contributed by atoms with E-state index in [1.165, 1.54) is 94.1 Å². The number of fused-ring (bicyclic) bond motifs is 1. The second kappa shape index (κ2) is 9.00. The van der Waals surface area contributed by atoms with Gasteiger partial charge in [-0.25, -0.2) is 4.98 Å². The summed E-state index contributed by atoms with van der Waals surface area (Å²) >= 11 is 0. The fourth-order valence-corrected chi connectivity index (χ4v) is 6.40. The molecule has 0 unspecified atom stereocenters. The van der Waals surface area contributed by atoms with Gasteiger partial charge in [-0.2, -0.15) is 0 Å². The number of rotatable bonds is 5. The van der Waals surface area contributed by atoms with Crippen LogP contribution in [-0.2, 0) is 6.54 Å². The van der Waals surface area contributed by atoms with Gasteiger partial charge in [0.2, 0.25) is 0 Å². The molecule has 3 fully saturated rings. The highest BCUT2D eigenvalue weighted by Crippen LogP contribution is 2.35. The minimum atomic E-state index is 0.609. The van der Waals surface area contributed by atoms with Crippen LogP contribution in [0.3, 0.4) is 0 Å². The lowest BCUT2D eigenvalue weighted by atomic mass is 9.79. The van der Waals surface area contributed by atoms with Crippen LogP contribution in [0.1, 0.15) is 76.8 Å². The van der Waals surface area contributed by atoms with E-state index in [1.54, 1.807) is 0 Å². The van der Waals surface area contributed by atoms with Crippen molar-refractivity contribution in [2.24, 2.45) is 11.8 Å². The maximum absolute atomic E-state index is 4.82. The van der Waals surface area contributed by atoms with Crippen LogP contribution in [0.5, 0.6) is 0 Å². The molecule has 1 aliphatic carbocycles. The first kappa shape index (κ1) is 20.5. The summed E-state index contributed by atoms with van der Waals surface area (Å²) in [7, 11) is 0. The second-order valence-electron chi connectivity index (χ2n) is 10.5. The molecule has 0 spiro atoms. The molecule has 4 heteroatoms. The topological polar surface area (TPSA) is 24.3 Å². The molecule has 4 nitrogen and oxygen atoms in total. The molecule has 4 heterocycles. The average molecular weight is 409 g/mol. The molecule has 2 aromatic heterocycles. The van der Waals surface area contributed by atoms with E-state index in [0.717, 1.165) is 24.4 Å². The number of piperidine rings is 1. The van der Waals surface area contributed by atoms with E-state index in [2.05, 4.69) is 46.5 Å². The Balaban J connectivity index is 1.25. The zero-order chi connectivity index (χ0) is 20.5. The normalized spacial score (nSPS) is 27.4. The molecular formula is C26H40N4. The van der Waals surface area contributed by atoms with E-state index in [9.17, 15) is 0 Å². The van der Waals surface area contributed by atoms with Crippen LogP contribution in [0.25, 0.3) is 11.0 Å². The highest BCUT2D eigenvalue weighted by molar-refractivity contribution is 5.80. The van der Waals surface area contributed by atoms with Gasteiger partial charge in [0.15, 0.2) is 0 Å². The first-order chi connectivity index (χ1) is 14.7. The van der Waals surface area contributed by atoms with Crippen molar-refractivity contribution < 1.29 is 0 Å². The molecule has 0 atom stereocenters. The molecule has 30 heavy (non-hydrogen) atoms. The quantitative estimate of drug-likeness (QED) is 0.654. The second-order valence-corrected chi connectivity index (χ2v) is 10.5. The molecule has 0 aromatic carbocycles. The van der Waals surface area contributed by atoms with Gasteiger partial charge < -0.3 is 9.47 Å². The highest BCUT2D eigenvalue weighted by Gasteiger charge is 2.31. The summed E-state index contributed by atoms with van der Waals surface area (Å²) < 4.78 is 2.54. The first-order valence-corrected chi connectivity index (χ1v) is 12.6. The van der Waals surface area contributed by atoms with Gasteiger partial charge in [-0.05, 0) is 94.0 Å². The van der Waals surface area contributed by atoms with Crippen LogP contribution in [0.15, 0.2) is 24.5 Å². The number of pyridine rings is 1. The van der Waals surface area contributed by atoms with Crippen LogP contribution in [0.4, 0.5) is 0 Å². The van der Waals surface area contributed by atoms with Crippen LogP contribution in [0.2, 0.25) is 0 Å². The summed E-state index contributed by atoms with van der Waals surface area (Å²) in [6.45, 7) is 10.9. The molecule has 2 aliphatic heterocycles. The fourth-order valence-electron chi connectivity index (χ4n) is 6.40. The van der Waals surface area contributed by atoms with Crippen LogP contribution < -0.4 is 0 Å². The Bertz CT molecular complexity index is 819. The monoisotopic (exact) mass is 408 g/mol. The van der Waals surface area contributed by atoms with E-state index in [0.29, 0.717) is 6.04 Å². The summed E-state index contributed by atoms with van der Waals surface area (Å²) in [6, 6.07) is 5.84. The molecule has 0 amide bonds. The predicted molar refractivity (Wildman–Crippen MR) is 125 cm³/mol. The van der Waals surface area contributed by atoms with Crippen LogP contribution >= 0.6 is 0 Å². The molecule has 0 N–H and O–H groups in total. The lowest BCUT2D eigenvalue weighted by molar-refractivity contribution is 0.0892. The predicted octanol–water partition coefficient (Wildman–Crippen LogP) is 5.48. The number of hydrogen-bond donors (Lipinski definition) is 0. The SMILES string of the molecule is CC(C)C1CCC(N2CCC(n3cc(CN4CCCC4)c4cccnc43)CC2)CC1. The highest BCUT2D eigenvalue weighted by atomic mass is 15.2. The van der Waals surface area contributed by atoms with Crippen molar-refractivity contribution in [3.63, 3.8) is 0 Å². The Morgan fingerprint density at radius 2 is 1.67 bits per heavy atom. The summed E-state index contributed by atoms with van der Waals surface area (Å²) in [5.74, 6) is 1.83. The third kappa shape index (κ3) is 4.18. The fraction of sp³-hybridized carbons (Fsp3) is 0.731. The van der Waals surface area contributed by atoms with Crippen molar-refractivity contribution in [2.75, 3.05) is 26.2 Å². The number of nitrogens with zero attached hydrogens (tertiary/aromatic N) is 4. The zero-order valence-electron chi connectivity index (χ0n) is 19.1. The summed E-state index contributed by atoms with van der Waals surface area (Å²) in [6.07, 6.45) is 15.4. The summed E-state index contributed by atoms with van der Waals surface area (Å²) in [5, 5.41) is 1.37. The summed E-state index contributed by atoms with van der Waals surface area (Å²) in [5.41, 5.74) is 2.69. The minimum Gasteiger partial charge on any atom is -0.329 e. The third-order valence-electron chi connectivity index (χ3n) is 8.36. The molecule has 0 bridgehead atoms. The van der Waals surface area contributed by atoms with Gasteiger partial charge in [0.1, 0.15) is 5.65 Å². The van der Waals surface area contributed by atoms with Gasteiger partial charge in [-0.15, -0.1) is 0 Å². The van der Waals surface area contributed by atoms with Crippen molar-refractivity contribution in [3.05, 3.63) is 30.1 Å². The third-order valence-corrected chi connectivity index (χ3v) is 8.36. The van der Waals surface area contributed by atoms with Gasteiger partial charge >= 0.3 is 0 Å². The maximum atomic E-state index is 4.82. The average Bonchev–Trinajstić information content (AvgIpc) is 3.43. The molecule has 164 valence electrons. The Hall–Kier alpha value is -1.39. The van der Waals surface area contributed by atoms with E-state index >= 15 is 0 Å². The smallest absolute Gasteiger partial charge is 0.140 e. The Labute approximate surface area is 182 Å². The molecule has 5 rings (SSSR count). The van der Waals surface area contributed by atoms with E-state index in [4.69, 9.17) is 4.98 Å². The lowest BCUT2D eigenvalue weighted by Crippen LogP contribution is -2.43. The van der Waals surface area contributed by atoms with Crippen molar-refractivity contribution in [1.29, 1.82) is 0 Å². The van der Waals surface area contributed by atoms with Crippen LogP contribution in [-0.4, -0.2) is 51.6 Å². The zero-order valence-corrected chi connectivity index (χ0v) is 19.1. The Morgan fingerprint density at radius 3 is 2.37 bits per heavy atom. The van der Waals surface area contributed by atoms with Crippen molar-refractivity contribution >= 4 is 11.0 Å². The van der Waals surface area contributed by atoms with Gasteiger partial charge in [0.05, 0.1) is 0 Å². The van der Waals surface area contributed by atoms with Crippen molar-refractivity contribution in [2.45, 2.75) is 83.8 Å². The Morgan fingerprint density at radius 1 is 0.933 bits per heavy atom. The molecule has 1 saturated carbocycles. The molecule has 3 aliphatic rings. The maximum Gasteiger partial charge on any atom is 0.140 e. The van der Waals surface area contributed by atoms with Crippen molar-refractivity contribution in [1.82, 2.24) is 19.4 Å². The van der Waals surface area contributed by atoms with Crippen molar-refractivity contribution in [3.8, 4) is 0 Å². The molecule has 0 radical (unpaired) electrons. The van der Waals surface area contributed by atoms with Gasteiger partial charge in [-0.1, -0.05) is 13.8 Å². The Kier molecular flexibility index (Phi) is 6.15. The minimum absolute atomic E-state index is 0.609. The van der Waals surface area contributed by atoms with Gasteiger partial charge in [0, 0.05) is 49.5 Å².